The number of anilines is 1. The third kappa shape index (κ3) is 4.28. The monoisotopic (exact) mass is 393 g/mol. The van der Waals surface area contributed by atoms with Crippen molar-refractivity contribution in [2.45, 2.75) is 37.6 Å². The zero-order valence-electron chi connectivity index (χ0n) is 16.5. The van der Waals surface area contributed by atoms with Crippen molar-refractivity contribution in [3.05, 3.63) is 53.0 Å². The van der Waals surface area contributed by atoms with Crippen molar-refractivity contribution < 1.29 is 9.18 Å². The zero-order chi connectivity index (χ0) is 20.4. The number of piperazine rings is 1. The molecule has 2 aliphatic rings. The molecule has 0 bridgehead atoms. The Balaban J connectivity index is 1.40. The van der Waals surface area contributed by atoms with Crippen LogP contribution in [0.2, 0.25) is 0 Å². The second-order valence-corrected chi connectivity index (χ2v) is 7.98. The molecule has 2 heterocycles. The molecule has 1 aliphatic heterocycles. The van der Waals surface area contributed by atoms with Crippen LogP contribution in [-0.2, 0) is 4.79 Å². The second-order valence-electron chi connectivity index (χ2n) is 7.98. The molecule has 1 unspecified atom stereocenters. The highest BCUT2D eigenvalue weighted by atomic mass is 19.1. The molecular formula is C22H24FN5O. The molecule has 1 saturated heterocycles. The highest BCUT2D eigenvalue weighted by Crippen LogP contribution is 2.41. The lowest BCUT2D eigenvalue weighted by molar-refractivity contribution is -0.109. The van der Waals surface area contributed by atoms with Crippen LogP contribution in [-0.4, -0.2) is 53.6 Å². The summed E-state index contributed by atoms with van der Waals surface area (Å²) in [7, 11) is 0. The Kier molecular flexibility index (Phi) is 5.54. The quantitative estimate of drug-likeness (QED) is 0.703. The highest BCUT2D eigenvalue weighted by molar-refractivity contribution is 5.62. The molecule has 29 heavy (non-hydrogen) atoms. The SMILES string of the molecule is C[C@H]1CN(c2ccc(C#N)nn2)CCN1CC(C=O)c1ccc(C2CC2)c(F)c1. The number of halogens is 1. The van der Waals surface area contributed by atoms with Crippen molar-refractivity contribution in [3.8, 4) is 6.07 Å². The van der Waals surface area contributed by atoms with Gasteiger partial charge >= 0.3 is 0 Å². The lowest BCUT2D eigenvalue weighted by Crippen LogP contribution is -2.53. The lowest BCUT2D eigenvalue weighted by atomic mass is 9.96. The van der Waals surface area contributed by atoms with E-state index in [2.05, 4.69) is 26.9 Å². The summed E-state index contributed by atoms with van der Waals surface area (Å²) in [6.07, 6.45) is 3.04. The van der Waals surface area contributed by atoms with Gasteiger partial charge in [-0.25, -0.2) is 4.39 Å². The Bertz CT molecular complexity index is 922. The molecule has 0 radical (unpaired) electrons. The Labute approximate surface area is 170 Å². The first-order valence-corrected chi connectivity index (χ1v) is 10.1. The minimum Gasteiger partial charge on any atom is -0.352 e. The molecule has 1 saturated carbocycles. The largest absolute Gasteiger partial charge is 0.352 e. The van der Waals surface area contributed by atoms with Gasteiger partial charge in [0.1, 0.15) is 18.2 Å². The normalized spacial score (nSPS) is 20.9. The summed E-state index contributed by atoms with van der Waals surface area (Å²) in [5, 5.41) is 16.9. The van der Waals surface area contributed by atoms with Crippen LogP contribution in [0, 0.1) is 17.1 Å². The van der Waals surface area contributed by atoms with Crippen molar-refractivity contribution in [2.24, 2.45) is 0 Å². The van der Waals surface area contributed by atoms with E-state index in [0.29, 0.717) is 18.2 Å². The number of aromatic nitrogens is 2. The zero-order valence-corrected chi connectivity index (χ0v) is 16.5. The molecule has 0 amide bonds. The summed E-state index contributed by atoms with van der Waals surface area (Å²) >= 11 is 0. The summed E-state index contributed by atoms with van der Waals surface area (Å²) in [6.45, 7) is 4.96. The van der Waals surface area contributed by atoms with E-state index in [4.69, 9.17) is 5.26 Å². The van der Waals surface area contributed by atoms with Crippen molar-refractivity contribution in [1.29, 1.82) is 5.26 Å². The van der Waals surface area contributed by atoms with Gasteiger partial charge < -0.3 is 9.69 Å². The third-order valence-electron chi connectivity index (χ3n) is 5.92. The number of carbonyl (C=O) groups is 1. The highest BCUT2D eigenvalue weighted by Gasteiger charge is 2.29. The summed E-state index contributed by atoms with van der Waals surface area (Å²) < 4.78 is 14.4. The first-order chi connectivity index (χ1) is 14.1. The van der Waals surface area contributed by atoms with Gasteiger partial charge in [-0.05, 0) is 55.0 Å². The molecule has 1 aliphatic carbocycles. The van der Waals surface area contributed by atoms with Crippen LogP contribution in [0.3, 0.4) is 0 Å². The topological polar surface area (TPSA) is 73.1 Å². The van der Waals surface area contributed by atoms with Crippen LogP contribution < -0.4 is 4.90 Å². The number of hydrogen-bond donors (Lipinski definition) is 0. The second kappa shape index (κ2) is 8.26. The molecule has 1 aromatic heterocycles. The third-order valence-corrected chi connectivity index (χ3v) is 5.92. The van der Waals surface area contributed by atoms with Gasteiger partial charge in [-0.15, -0.1) is 10.2 Å². The van der Waals surface area contributed by atoms with Gasteiger partial charge in [-0.3, -0.25) is 4.90 Å². The van der Waals surface area contributed by atoms with Crippen molar-refractivity contribution in [1.82, 2.24) is 15.1 Å². The fourth-order valence-electron chi connectivity index (χ4n) is 4.01. The Morgan fingerprint density at radius 2 is 2.10 bits per heavy atom. The summed E-state index contributed by atoms with van der Waals surface area (Å²) in [5.74, 6) is 0.577. The van der Waals surface area contributed by atoms with E-state index in [1.807, 2.05) is 24.3 Å². The Morgan fingerprint density at radius 3 is 2.69 bits per heavy atom. The van der Waals surface area contributed by atoms with E-state index in [0.717, 1.165) is 55.7 Å². The van der Waals surface area contributed by atoms with E-state index in [1.54, 1.807) is 12.1 Å². The van der Waals surface area contributed by atoms with Gasteiger partial charge in [-0.1, -0.05) is 12.1 Å². The van der Waals surface area contributed by atoms with Crippen molar-refractivity contribution in [2.75, 3.05) is 31.1 Å². The average Bonchev–Trinajstić information content (AvgIpc) is 3.58. The summed E-state index contributed by atoms with van der Waals surface area (Å²) in [5.41, 5.74) is 1.83. The van der Waals surface area contributed by atoms with E-state index in [1.165, 1.54) is 0 Å². The van der Waals surface area contributed by atoms with Crippen LogP contribution in [0.5, 0.6) is 0 Å². The van der Waals surface area contributed by atoms with E-state index in [9.17, 15) is 9.18 Å². The average molecular weight is 393 g/mol. The fraction of sp³-hybridized carbons (Fsp3) is 0.455. The maximum absolute atomic E-state index is 14.4. The number of benzene rings is 1. The maximum Gasteiger partial charge on any atom is 0.163 e. The maximum atomic E-state index is 14.4. The molecule has 4 rings (SSSR count). The van der Waals surface area contributed by atoms with Crippen molar-refractivity contribution in [3.63, 3.8) is 0 Å². The van der Waals surface area contributed by atoms with Gasteiger partial charge in [0.2, 0.25) is 0 Å². The lowest BCUT2D eigenvalue weighted by Gasteiger charge is -2.41. The smallest absolute Gasteiger partial charge is 0.163 e. The van der Waals surface area contributed by atoms with Gasteiger partial charge in [0, 0.05) is 32.2 Å². The molecule has 2 fully saturated rings. The fourth-order valence-corrected chi connectivity index (χ4v) is 4.01. The Hall–Kier alpha value is -2.85. The number of nitrogens with zero attached hydrogens (tertiary/aromatic N) is 5. The predicted molar refractivity (Wildman–Crippen MR) is 107 cm³/mol. The molecular weight excluding hydrogens is 369 g/mol. The predicted octanol–water partition coefficient (Wildman–Crippen LogP) is 2.86. The number of hydrogen-bond acceptors (Lipinski definition) is 6. The number of aldehydes is 1. The van der Waals surface area contributed by atoms with Gasteiger partial charge in [-0.2, -0.15) is 5.26 Å². The minimum atomic E-state index is -0.346. The number of carbonyl (C=O) groups excluding carboxylic acids is 1. The first-order valence-electron chi connectivity index (χ1n) is 10.1. The molecule has 6 nitrogen and oxygen atoms in total. The van der Waals surface area contributed by atoms with E-state index >= 15 is 0 Å². The molecule has 1 aromatic carbocycles. The molecule has 0 spiro atoms. The van der Waals surface area contributed by atoms with Crippen LogP contribution in [0.25, 0.3) is 0 Å². The van der Waals surface area contributed by atoms with Crippen molar-refractivity contribution >= 4 is 12.1 Å². The first kappa shape index (κ1) is 19.5. The summed E-state index contributed by atoms with van der Waals surface area (Å²) in [6, 6.07) is 11.0. The van der Waals surface area contributed by atoms with Crippen LogP contribution in [0.4, 0.5) is 10.2 Å². The minimum absolute atomic E-state index is 0.186. The standard InChI is InChI=1S/C22H24FN5O/c1-15-12-28(22-7-5-19(11-24)25-26-22)9-8-27(15)13-18(14-29)17-4-6-20(16-2-3-16)21(23)10-17/h4-7,10,14-16,18H,2-3,8-9,12-13H2,1H3/t15-,18?/m0/s1. The molecule has 2 atom stereocenters. The van der Waals surface area contributed by atoms with Crippen LogP contribution in [0.1, 0.15) is 48.4 Å². The number of nitriles is 1. The molecule has 7 heteroatoms. The molecule has 0 N–H and O–H groups in total. The molecule has 2 aromatic rings. The number of rotatable bonds is 6. The van der Waals surface area contributed by atoms with Crippen LogP contribution in [0.15, 0.2) is 30.3 Å². The van der Waals surface area contributed by atoms with Gasteiger partial charge in [0.05, 0.1) is 5.92 Å². The molecule has 150 valence electrons. The van der Waals surface area contributed by atoms with E-state index < -0.39 is 0 Å². The Morgan fingerprint density at radius 1 is 1.28 bits per heavy atom. The van der Waals surface area contributed by atoms with Crippen LogP contribution >= 0.6 is 0 Å². The van der Waals surface area contributed by atoms with E-state index in [-0.39, 0.29) is 17.8 Å². The summed E-state index contributed by atoms with van der Waals surface area (Å²) in [4.78, 5) is 16.2. The van der Waals surface area contributed by atoms with Gasteiger partial charge in [0.15, 0.2) is 11.5 Å². The van der Waals surface area contributed by atoms with Gasteiger partial charge in [0.25, 0.3) is 0 Å².